The van der Waals surface area contributed by atoms with Crippen molar-refractivity contribution in [1.29, 1.82) is 0 Å². The van der Waals surface area contributed by atoms with Crippen LogP contribution in [0.3, 0.4) is 0 Å². The molecule has 12 heavy (non-hydrogen) atoms. The van der Waals surface area contributed by atoms with Gasteiger partial charge < -0.3 is 11.1 Å². The molecule has 2 unspecified atom stereocenters. The molecule has 2 heteroatoms. The van der Waals surface area contributed by atoms with E-state index >= 15 is 0 Å². The lowest BCUT2D eigenvalue weighted by Crippen LogP contribution is -2.34. The summed E-state index contributed by atoms with van der Waals surface area (Å²) in [7, 11) is 2.04. The molecular weight excluding hydrogens is 148 g/mol. The molecule has 0 aliphatic carbocycles. The van der Waals surface area contributed by atoms with Crippen LogP contribution in [0.4, 0.5) is 0 Å². The summed E-state index contributed by atoms with van der Waals surface area (Å²) in [6.45, 7) is 7.60. The Morgan fingerprint density at radius 1 is 1.25 bits per heavy atom. The molecule has 0 aromatic heterocycles. The Balaban J connectivity index is 3.78. The fourth-order valence-electron chi connectivity index (χ4n) is 1.61. The molecule has 0 fully saturated rings. The van der Waals surface area contributed by atoms with Gasteiger partial charge in [-0.15, -0.1) is 0 Å². The van der Waals surface area contributed by atoms with Crippen molar-refractivity contribution in [2.45, 2.75) is 39.7 Å². The molecule has 0 rings (SSSR count). The van der Waals surface area contributed by atoms with Gasteiger partial charge in [-0.2, -0.15) is 0 Å². The van der Waals surface area contributed by atoms with Crippen molar-refractivity contribution >= 4 is 0 Å². The van der Waals surface area contributed by atoms with E-state index < -0.39 is 0 Å². The molecule has 2 atom stereocenters. The molecule has 2 nitrogen and oxygen atoms in total. The van der Waals surface area contributed by atoms with E-state index in [4.69, 9.17) is 5.73 Å². The van der Waals surface area contributed by atoms with E-state index in [1.54, 1.807) is 0 Å². The van der Waals surface area contributed by atoms with Crippen LogP contribution in [0.5, 0.6) is 0 Å². The standard InChI is InChI=1S/C10H24N2/c1-8(2)7-10(12-4)9(3)5-6-11/h8-10,12H,5-7,11H2,1-4H3. The summed E-state index contributed by atoms with van der Waals surface area (Å²) in [5.41, 5.74) is 5.52. The lowest BCUT2D eigenvalue weighted by molar-refractivity contribution is 0.327. The SMILES string of the molecule is CNC(CC(C)C)C(C)CCN. The van der Waals surface area contributed by atoms with Gasteiger partial charge >= 0.3 is 0 Å². The van der Waals surface area contributed by atoms with Crippen LogP contribution in [0.15, 0.2) is 0 Å². The van der Waals surface area contributed by atoms with Crippen LogP contribution >= 0.6 is 0 Å². The van der Waals surface area contributed by atoms with Crippen LogP contribution in [-0.4, -0.2) is 19.6 Å². The van der Waals surface area contributed by atoms with Gasteiger partial charge in [0.2, 0.25) is 0 Å². The predicted molar refractivity (Wildman–Crippen MR) is 55.1 cm³/mol. The molecule has 74 valence electrons. The summed E-state index contributed by atoms with van der Waals surface area (Å²) >= 11 is 0. The summed E-state index contributed by atoms with van der Waals surface area (Å²) in [6, 6.07) is 0.633. The first kappa shape index (κ1) is 11.9. The first-order valence-electron chi connectivity index (χ1n) is 4.99. The van der Waals surface area contributed by atoms with Crippen molar-refractivity contribution in [3.63, 3.8) is 0 Å². The third-order valence-electron chi connectivity index (χ3n) is 2.41. The first-order chi connectivity index (χ1) is 5.61. The fraction of sp³-hybridized carbons (Fsp3) is 1.00. The molecule has 0 radical (unpaired) electrons. The fourth-order valence-corrected chi connectivity index (χ4v) is 1.61. The van der Waals surface area contributed by atoms with Gasteiger partial charge in [0.25, 0.3) is 0 Å². The smallest absolute Gasteiger partial charge is 0.00925 e. The quantitative estimate of drug-likeness (QED) is 0.639. The van der Waals surface area contributed by atoms with Crippen molar-refractivity contribution in [3.05, 3.63) is 0 Å². The summed E-state index contributed by atoms with van der Waals surface area (Å²) in [6.07, 6.45) is 2.37. The highest BCUT2D eigenvalue weighted by atomic mass is 14.9. The average molecular weight is 172 g/mol. The predicted octanol–water partition coefficient (Wildman–Crippen LogP) is 1.61. The highest BCUT2D eigenvalue weighted by Crippen LogP contribution is 2.14. The molecule has 0 bridgehead atoms. The largest absolute Gasteiger partial charge is 0.330 e. The molecule has 0 aromatic carbocycles. The minimum absolute atomic E-state index is 0.633. The third kappa shape index (κ3) is 4.73. The third-order valence-corrected chi connectivity index (χ3v) is 2.41. The van der Waals surface area contributed by atoms with Crippen LogP contribution < -0.4 is 11.1 Å². The van der Waals surface area contributed by atoms with E-state index in [2.05, 4.69) is 26.1 Å². The lowest BCUT2D eigenvalue weighted by Gasteiger charge is -2.24. The molecule has 0 heterocycles. The Kier molecular flexibility index (Phi) is 6.39. The van der Waals surface area contributed by atoms with Gasteiger partial charge in [-0.05, 0) is 38.3 Å². The van der Waals surface area contributed by atoms with Crippen LogP contribution in [0.25, 0.3) is 0 Å². The topological polar surface area (TPSA) is 38.0 Å². The second kappa shape index (κ2) is 6.44. The summed E-state index contributed by atoms with van der Waals surface area (Å²) in [5.74, 6) is 1.46. The zero-order chi connectivity index (χ0) is 9.56. The summed E-state index contributed by atoms with van der Waals surface area (Å²) in [5, 5.41) is 3.36. The molecule has 0 amide bonds. The Labute approximate surface area is 76.9 Å². The minimum Gasteiger partial charge on any atom is -0.330 e. The maximum Gasteiger partial charge on any atom is 0.00925 e. The maximum absolute atomic E-state index is 5.52. The Morgan fingerprint density at radius 3 is 2.17 bits per heavy atom. The molecule has 0 spiro atoms. The first-order valence-corrected chi connectivity index (χ1v) is 4.99. The zero-order valence-corrected chi connectivity index (χ0v) is 8.93. The van der Waals surface area contributed by atoms with Crippen LogP contribution in [0.1, 0.15) is 33.6 Å². The van der Waals surface area contributed by atoms with E-state index in [9.17, 15) is 0 Å². The number of hydrogen-bond donors (Lipinski definition) is 2. The van der Waals surface area contributed by atoms with Gasteiger partial charge in [-0.3, -0.25) is 0 Å². The Morgan fingerprint density at radius 2 is 1.83 bits per heavy atom. The van der Waals surface area contributed by atoms with Crippen molar-refractivity contribution < 1.29 is 0 Å². The van der Waals surface area contributed by atoms with E-state index in [0.717, 1.165) is 18.9 Å². The van der Waals surface area contributed by atoms with Gasteiger partial charge in [0.05, 0.1) is 0 Å². The van der Waals surface area contributed by atoms with Gasteiger partial charge in [-0.25, -0.2) is 0 Å². The molecular formula is C10H24N2. The van der Waals surface area contributed by atoms with Crippen molar-refractivity contribution in [2.75, 3.05) is 13.6 Å². The Bertz CT molecular complexity index is 102. The molecule has 0 aliphatic heterocycles. The molecule has 3 N–H and O–H groups in total. The van der Waals surface area contributed by atoms with E-state index in [1.165, 1.54) is 6.42 Å². The van der Waals surface area contributed by atoms with Gasteiger partial charge in [0.1, 0.15) is 0 Å². The van der Waals surface area contributed by atoms with Crippen molar-refractivity contribution in [1.82, 2.24) is 5.32 Å². The highest BCUT2D eigenvalue weighted by molar-refractivity contribution is 4.73. The van der Waals surface area contributed by atoms with Gasteiger partial charge in [0.15, 0.2) is 0 Å². The van der Waals surface area contributed by atoms with Crippen molar-refractivity contribution in [2.24, 2.45) is 17.6 Å². The van der Waals surface area contributed by atoms with Gasteiger partial charge in [-0.1, -0.05) is 20.8 Å². The molecule has 0 aromatic rings. The second-order valence-electron chi connectivity index (χ2n) is 4.08. The van der Waals surface area contributed by atoms with E-state index in [1.807, 2.05) is 7.05 Å². The second-order valence-corrected chi connectivity index (χ2v) is 4.08. The number of rotatable bonds is 6. The normalized spacial score (nSPS) is 16.5. The minimum atomic E-state index is 0.633. The number of nitrogens with two attached hydrogens (primary N) is 1. The van der Waals surface area contributed by atoms with Crippen LogP contribution in [0.2, 0.25) is 0 Å². The Hall–Kier alpha value is -0.0800. The molecule has 0 saturated carbocycles. The lowest BCUT2D eigenvalue weighted by atomic mass is 9.91. The van der Waals surface area contributed by atoms with E-state index in [-0.39, 0.29) is 0 Å². The monoisotopic (exact) mass is 172 g/mol. The zero-order valence-electron chi connectivity index (χ0n) is 8.93. The summed E-state index contributed by atoms with van der Waals surface area (Å²) < 4.78 is 0. The summed E-state index contributed by atoms with van der Waals surface area (Å²) in [4.78, 5) is 0. The van der Waals surface area contributed by atoms with Gasteiger partial charge in [0, 0.05) is 6.04 Å². The molecule has 0 saturated heterocycles. The van der Waals surface area contributed by atoms with Crippen molar-refractivity contribution in [3.8, 4) is 0 Å². The number of hydrogen-bond acceptors (Lipinski definition) is 2. The van der Waals surface area contributed by atoms with Crippen LogP contribution in [-0.2, 0) is 0 Å². The van der Waals surface area contributed by atoms with E-state index in [0.29, 0.717) is 12.0 Å². The van der Waals surface area contributed by atoms with Crippen LogP contribution in [0, 0.1) is 11.8 Å². The highest BCUT2D eigenvalue weighted by Gasteiger charge is 2.15. The maximum atomic E-state index is 5.52. The number of nitrogens with one attached hydrogen (secondary N) is 1. The molecule has 0 aliphatic rings. The average Bonchev–Trinajstić information content (AvgIpc) is 2.00.